The molecule has 1 rings (SSSR count). The van der Waals surface area contributed by atoms with Crippen LogP contribution in [0.1, 0.15) is 118 Å². The Hall–Kier alpha value is -0.440. The van der Waals surface area contributed by atoms with E-state index >= 15 is 0 Å². The summed E-state index contributed by atoms with van der Waals surface area (Å²) in [7, 11) is -4.35. The molecule has 0 saturated carbocycles. The van der Waals surface area contributed by atoms with Gasteiger partial charge in [-0.3, -0.25) is 4.18 Å². The van der Waals surface area contributed by atoms with Gasteiger partial charge in [0, 0.05) is 0 Å². The fraction of sp³-hybridized carbons (Fsp3) is 0.778. The molecule has 0 amide bonds. The Balaban J connectivity index is 3.56. The van der Waals surface area contributed by atoms with Gasteiger partial charge >= 0.3 is 0 Å². The summed E-state index contributed by atoms with van der Waals surface area (Å²) in [6, 6.07) is 7.79. The van der Waals surface area contributed by atoms with Gasteiger partial charge in [0.05, 0.1) is 6.61 Å². The summed E-state index contributed by atoms with van der Waals surface area (Å²) in [6.45, 7) is 11.4. The van der Waals surface area contributed by atoms with E-state index in [1.807, 2.05) is 12.1 Å². The molecule has 0 aliphatic heterocycles. The Bertz CT molecular complexity index is 696. The summed E-state index contributed by atoms with van der Waals surface area (Å²) >= 11 is 0. The highest BCUT2D eigenvalue weighted by atomic mass is 32.2. The maximum Gasteiger partial charge on any atom is 0.297 e. The molecular formula is C27H49O3PS. The molecule has 0 spiro atoms. The Kier molecular flexibility index (Phi) is 15.0. The minimum atomic E-state index is -3.74. The monoisotopic (exact) mass is 484 g/mol. The van der Waals surface area contributed by atoms with Crippen LogP contribution in [0.4, 0.5) is 0 Å². The molecule has 3 nitrogen and oxygen atoms in total. The van der Waals surface area contributed by atoms with Crippen molar-refractivity contribution in [1.82, 2.24) is 0 Å². The highest BCUT2D eigenvalue weighted by Gasteiger charge is 2.39. The average Bonchev–Trinajstić information content (AvgIpc) is 2.80. The third-order valence-electron chi connectivity index (χ3n) is 6.46. The number of rotatable bonds is 19. The third-order valence-corrected chi connectivity index (χ3v) is 11.5. The molecule has 0 saturated heterocycles. The molecule has 0 heterocycles. The first kappa shape index (κ1) is 29.6. The largest absolute Gasteiger partial charge is 0.297 e. The van der Waals surface area contributed by atoms with Crippen LogP contribution in [-0.4, -0.2) is 26.3 Å². The zero-order chi connectivity index (χ0) is 23.9. The number of benzene rings is 1. The predicted octanol–water partition coefficient (Wildman–Crippen LogP) is 8.41. The Morgan fingerprint density at radius 1 is 0.750 bits per heavy atom. The fourth-order valence-corrected chi connectivity index (χ4v) is 9.94. The topological polar surface area (TPSA) is 43.4 Å². The molecule has 0 aliphatic rings. The van der Waals surface area contributed by atoms with Gasteiger partial charge in [0.2, 0.25) is 0 Å². The first-order chi connectivity index (χ1) is 15.4. The van der Waals surface area contributed by atoms with Crippen LogP contribution in [0.15, 0.2) is 29.2 Å². The van der Waals surface area contributed by atoms with E-state index in [1.165, 1.54) is 57.8 Å². The lowest BCUT2D eigenvalue weighted by Gasteiger charge is -2.43. The maximum absolute atomic E-state index is 13.3. The van der Waals surface area contributed by atoms with Crippen LogP contribution >= 0.6 is 7.92 Å². The predicted molar refractivity (Wildman–Crippen MR) is 142 cm³/mol. The van der Waals surface area contributed by atoms with Gasteiger partial charge < -0.3 is 0 Å². The quantitative estimate of drug-likeness (QED) is 0.112. The van der Waals surface area contributed by atoms with Crippen LogP contribution < -0.4 is 5.30 Å². The SMILES string of the molecule is CCCCOS(=O)(=O)c1ccccc1P(CCCC)C(CCCC)(CCCC)CCCC. The lowest BCUT2D eigenvalue weighted by Crippen LogP contribution is -2.34. The van der Waals surface area contributed by atoms with Crippen LogP contribution in [0.25, 0.3) is 0 Å². The van der Waals surface area contributed by atoms with E-state index in [0.29, 0.717) is 4.90 Å². The number of hydrogen-bond acceptors (Lipinski definition) is 3. The minimum absolute atomic E-state index is 0.224. The van der Waals surface area contributed by atoms with Gasteiger partial charge in [-0.25, -0.2) is 0 Å². The molecule has 0 N–H and O–H groups in total. The molecule has 1 unspecified atom stereocenters. The van der Waals surface area contributed by atoms with Crippen molar-refractivity contribution in [3.63, 3.8) is 0 Å². The molecule has 0 aromatic heterocycles. The Morgan fingerprint density at radius 3 is 1.75 bits per heavy atom. The van der Waals surface area contributed by atoms with Crippen molar-refractivity contribution in [3.8, 4) is 0 Å². The van der Waals surface area contributed by atoms with Gasteiger partial charge in [0.15, 0.2) is 0 Å². The summed E-state index contributed by atoms with van der Waals surface area (Å²) in [6.07, 6.45) is 16.0. The van der Waals surface area contributed by atoms with Crippen LogP contribution in [0.5, 0.6) is 0 Å². The van der Waals surface area contributed by atoms with Gasteiger partial charge in [-0.2, -0.15) is 8.42 Å². The molecular weight excluding hydrogens is 435 g/mol. The van der Waals surface area contributed by atoms with Crippen molar-refractivity contribution in [1.29, 1.82) is 0 Å². The molecule has 1 aromatic rings. The van der Waals surface area contributed by atoms with Crippen molar-refractivity contribution >= 4 is 23.3 Å². The van der Waals surface area contributed by atoms with Gasteiger partial charge in [-0.15, -0.1) is 0 Å². The molecule has 0 fully saturated rings. The van der Waals surface area contributed by atoms with E-state index in [-0.39, 0.29) is 11.8 Å². The maximum atomic E-state index is 13.3. The zero-order valence-corrected chi connectivity index (χ0v) is 23.2. The summed E-state index contributed by atoms with van der Waals surface area (Å²) in [5, 5.41) is 1.29. The summed E-state index contributed by atoms with van der Waals surface area (Å²) in [4.78, 5) is 0.437. The number of hydrogen-bond donors (Lipinski definition) is 0. The van der Waals surface area contributed by atoms with E-state index in [2.05, 4.69) is 40.7 Å². The van der Waals surface area contributed by atoms with E-state index < -0.39 is 18.0 Å². The normalized spacial score (nSPS) is 13.4. The second kappa shape index (κ2) is 16.2. The highest BCUT2D eigenvalue weighted by Crippen LogP contribution is 2.58. The lowest BCUT2D eigenvalue weighted by atomic mass is 9.90. The van der Waals surface area contributed by atoms with Crippen LogP contribution in [-0.2, 0) is 14.3 Å². The van der Waals surface area contributed by atoms with Crippen molar-refractivity contribution in [2.45, 2.75) is 128 Å². The van der Waals surface area contributed by atoms with Crippen molar-refractivity contribution in [2.24, 2.45) is 0 Å². The molecule has 1 aromatic carbocycles. The van der Waals surface area contributed by atoms with Crippen molar-refractivity contribution < 1.29 is 12.6 Å². The Morgan fingerprint density at radius 2 is 1.25 bits per heavy atom. The van der Waals surface area contributed by atoms with E-state index in [4.69, 9.17) is 4.18 Å². The Labute approximate surface area is 201 Å². The first-order valence-corrected chi connectivity index (χ1v) is 16.1. The van der Waals surface area contributed by atoms with Crippen LogP contribution in [0.2, 0.25) is 0 Å². The van der Waals surface area contributed by atoms with Crippen LogP contribution in [0, 0.1) is 0 Å². The number of unbranched alkanes of at least 4 members (excludes halogenated alkanes) is 5. The van der Waals surface area contributed by atoms with Crippen LogP contribution in [0.3, 0.4) is 0 Å². The molecule has 0 radical (unpaired) electrons. The van der Waals surface area contributed by atoms with Gasteiger partial charge in [-0.05, 0) is 54.8 Å². The fourth-order valence-electron chi connectivity index (χ4n) is 4.49. The van der Waals surface area contributed by atoms with E-state index in [1.54, 1.807) is 6.07 Å². The highest BCUT2D eigenvalue weighted by molar-refractivity contribution is 7.87. The average molecular weight is 485 g/mol. The first-order valence-electron chi connectivity index (χ1n) is 13.2. The molecule has 5 heteroatoms. The minimum Gasteiger partial charge on any atom is -0.266 e. The molecule has 186 valence electrons. The van der Waals surface area contributed by atoms with E-state index in [9.17, 15) is 8.42 Å². The molecule has 0 aliphatic carbocycles. The van der Waals surface area contributed by atoms with Gasteiger partial charge in [-0.1, -0.05) is 112 Å². The second-order valence-corrected chi connectivity index (χ2v) is 13.5. The third kappa shape index (κ3) is 9.07. The molecule has 0 bridgehead atoms. The summed E-state index contributed by atoms with van der Waals surface area (Å²) in [5.41, 5.74) is 0. The van der Waals surface area contributed by atoms with E-state index in [0.717, 1.165) is 37.1 Å². The zero-order valence-electron chi connectivity index (χ0n) is 21.5. The van der Waals surface area contributed by atoms with Gasteiger partial charge in [0.1, 0.15) is 4.90 Å². The van der Waals surface area contributed by atoms with Gasteiger partial charge in [0.25, 0.3) is 10.1 Å². The van der Waals surface area contributed by atoms with Crippen molar-refractivity contribution in [3.05, 3.63) is 24.3 Å². The van der Waals surface area contributed by atoms with Crippen molar-refractivity contribution in [2.75, 3.05) is 12.8 Å². The lowest BCUT2D eigenvalue weighted by molar-refractivity contribution is 0.311. The summed E-state index contributed by atoms with van der Waals surface area (Å²) in [5.74, 6) is 0. The standard InChI is InChI=1S/C27H49O3PS/c1-6-11-20-27(21-12-7-2,22-13-8-3)31(24-15-10-5)25-18-16-17-19-26(25)32(28,29)30-23-14-9-4/h16-19H,6-15,20-24H2,1-5H3. The molecule has 1 atom stereocenters. The smallest absolute Gasteiger partial charge is 0.266 e. The molecule has 32 heavy (non-hydrogen) atoms. The summed E-state index contributed by atoms with van der Waals surface area (Å²) < 4.78 is 32.0. The second-order valence-electron chi connectivity index (χ2n) is 9.14.